The minimum Gasteiger partial charge on any atom is -0.491 e. The van der Waals surface area contributed by atoms with Gasteiger partial charge in [-0.25, -0.2) is 0 Å². The zero-order chi connectivity index (χ0) is 27.9. The number of benzene rings is 2. The van der Waals surface area contributed by atoms with Gasteiger partial charge in [0.15, 0.2) is 5.69 Å². The second-order valence-corrected chi connectivity index (χ2v) is 8.36. The van der Waals surface area contributed by atoms with Crippen molar-refractivity contribution in [2.24, 2.45) is 5.73 Å². The van der Waals surface area contributed by atoms with Crippen LogP contribution in [0, 0.1) is 11.3 Å². The van der Waals surface area contributed by atoms with Crippen LogP contribution < -0.4 is 20.7 Å². The number of ether oxygens (including phenoxy) is 1. The van der Waals surface area contributed by atoms with E-state index in [9.17, 15) is 28.0 Å². The van der Waals surface area contributed by atoms with Gasteiger partial charge in [0.2, 0.25) is 5.91 Å². The van der Waals surface area contributed by atoms with Crippen LogP contribution in [0.2, 0.25) is 5.02 Å². The molecule has 0 aliphatic rings. The number of nitrogens with zero attached hydrogens (tertiary/aromatic N) is 3. The van der Waals surface area contributed by atoms with E-state index in [-0.39, 0.29) is 40.6 Å². The zero-order valence-electron chi connectivity index (χ0n) is 20.2. The summed E-state index contributed by atoms with van der Waals surface area (Å²) in [5.74, 6) is -0.491. The highest BCUT2D eigenvalue weighted by Crippen LogP contribution is 2.40. The van der Waals surface area contributed by atoms with E-state index in [2.05, 4.69) is 10.3 Å². The van der Waals surface area contributed by atoms with E-state index in [1.54, 1.807) is 30.3 Å². The van der Waals surface area contributed by atoms with Gasteiger partial charge in [-0.05, 0) is 36.4 Å². The van der Waals surface area contributed by atoms with Gasteiger partial charge in [-0.1, -0.05) is 23.7 Å². The number of carbonyl (C=O) groups excluding carboxylic acids is 2. The molecule has 2 amide bonds. The van der Waals surface area contributed by atoms with Crippen molar-refractivity contribution in [3.63, 3.8) is 0 Å². The Balaban J connectivity index is 1.92. The number of anilines is 1. The second kappa shape index (κ2) is 12.4. The summed E-state index contributed by atoms with van der Waals surface area (Å²) >= 11 is 6.23. The number of para-hydroxylation sites is 2. The van der Waals surface area contributed by atoms with Gasteiger partial charge in [-0.15, -0.1) is 0 Å². The molecule has 38 heavy (non-hydrogen) atoms. The summed E-state index contributed by atoms with van der Waals surface area (Å²) in [6.07, 6.45) is -3.90. The molecule has 0 saturated carbocycles. The van der Waals surface area contributed by atoms with E-state index in [1.165, 1.54) is 30.1 Å². The van der Waals surface area contributed by atoms with Gasteiger partial charge < -0.3 is 20.7 Å². The maximum atomic E-state index is 13.7. The summed E-state index contributed by atoms with van der Waals surface area (Å²) in [6, 6.07) is 13.3. The zero-order valence-corrected chi connectivity index (χ0v) is 20.9. The number of nitriles is 1. The van der Waals surface area contributed by atoms with Crippen LogP contribution in [0.5, 0.6) is 5.75 Å². The van der Waals surface area contributed by atoms with E-state index in [1.807, 2.05) is 0 Å². The number of rotatable bonds is 9. The number of nitrogens with one attached hydrogen (secondary N) is 1. The minimum absolute atomic E-state index is 0.0173. The van der Waals surface area contributed by atoms with E-state index in [0.717, 1.165) is 12.3 Å². The molecule has 3 aromatic rings. The first kappa shape index (κ1) is 28.4. The first-order valence-corrected chi connectivity index (χ1v) is 11.7. The molecule has 12 heteroatoms. The molecular formula is C26H23ClF3N5O3. The fourth-order valence-electron chi connectivity index (χ4n) is 3.61. The number of nitrogens with two attached hydrogens (primary N) is 1. The van der Waals surface area contributed by atoms with Crippen molar-refractivity contribution < 1.29 is 27.5 Å². The lowest BCUT2D eigenvalue weighted by atomic mass is 9.96. The van der Waals surface area contributed by atoms with Crippen molar-refractivity contribution >= 4 is 29.1 Å². The van der Waals surface area contributed by atoms with Crippen molar-refractivity contribution in [3.05, 3.63) is 76.6 Å². The molecule has 1 aromatic heterocycles. The number of hydrogen-bond donors (Lipinski definition) is 2. The molecular weight excluding hydrogens is 523 g/mol. The van der Waals surface area contributed by atoms with E-state index in [0.29, 0.717) is 24.5 Å². The Bertz CT molecular complexity index is 1370. The summed E-state index contributed by atoms with van der Waals surface area (Å²) in [5.41, 5.74) is 3.50. The number of hydrogen-bond acceptors (Lipinski definition) is 6. The molecule has 0 radical (unpaired) electrons. The minimum atomic E-state index is -4.86. The number of amides is 2. The lowest BCUT2D eigenvalue weighted by molar-refractivity contribution is -0.140. The van der Waals surface area contributed by atoms with Crippen molar-refractivity contribution in [2.45, 2.75) is 12.6 Å². The highest BCUT2D eigenvalue weighted by molar-refractivity contribution is 6.33. The molecule has 2 aromatic carbocycles. The Kier molecular flexibility index (Phi) is 9.28. The largest absolute Gasteiger partial charge is 0.491 e. The molecule has 0 unspecified atom stereocenters. The van der Waals surface area contributed by atoms with Gasteiger partial charge in [-0.2, -0.15) is 18.4 Å². The Labute approximate surface area is 221 Å². The van der Waals surface area contributed by atoms with Crippen LogP contribution in [0.25, 0.3) is 11.1 Å². The Morgan fingerprint density at radius 1 is 1.21 bits per heavy atom. The van der Waals surface area contributed by atoms with Gasteiger partial charge >= 0.3 is 6.18 Å². The molecule has 3 rings (SSSR count). The van der Waals surface area contributed by atoms with Gasteiger partial charge in [0.25, 0.3) is 5.91 Å². The smallest absolute Gasteiger partial charge is 0.434 e. The molecule has 198 valence electrons. The predicted molar refractivity (Wildman–Crippen MR) is 136 cm³/mol. The molecule has 1 heterocycles. The van der Waals surface area contributed by atoms with Gasteiger partial charge in [-0.3, -0.25) is 14.6 Å². The molecule has 8 nitrogen and oxygen atoms in total. The van der Waals surface area contributed by atoms with Crippen LogP contribution in [-0.4, -0.2) is 43.5 Å². The van der Waals surface area contributed by atoms with Crippen molar-refractivity contribution in [1.29, 1.82) is 5.26 Å². The van der Waals surface area contributed by atoms with Crippen LogP contribution in [0.4, 0.5) is 18.9 Å². The second-order valence-electron chi connectivity index (χ2n) is 7.96. The van der Waals surface area contributed by atoms with Crippen LogP contribution in [0.1, 0.15) is 28.0 Å². The fourth-order valence-corrected chi connectivity index (χ4v) is 3.82. The molecule has 0 aliphatic heterocycles. The molecule has 0 spiro atoms. The Morgan fingerprint density at radius 2 is 1.95 bits per heavy atom. The third-order valence-electron chi connectivity index (χ3n) is 5.41. The third-order valence-corrected chi connectivity index (χ3v) is 5.74. The summed E-state index contributed by atoms with van der Waals surface area (Å²) in [5, 5.41) is 12.0. The number of carbonyl (C=O) groups is 2. The van der Waals surface area contributed by atoms with Crippen LogP contribution in [0.3, 0.4) is 0 Å². The van der Waals surface area contributed by atoms with Crippen molar-refractivity contribution in [2.75, 3.05) is 31.6 Å². The highest BCUT2D eigenvalue weighted by Gasteiger charge is 2.37. The van der Waals surface area contributed by atoms with Crippen molar-refractivity contribution in [3.8, 4) is 22.9 Å². The molecule has 0 aliphatic carbocycles. The number of halogens is 4. The van der Waals surface area contributed by atoms with Crippen LogP contribution in [0.15, 0.2) is 54.7 Å². The maximum absolute atomic E-state index is 13.7. The SMILES string of the molecule is CN(C(=O)c1ccc(Cl)c(-c2c(C#N)ccnc2C(F)(F)F)c1)c1ccccc1OCCC(=O)NCCN. The van der Waals surface area contributed by atoms with Gasteiger partial charge in [0, 0.05) is 48.0 Å². The standard InChI is InChI=1S/C26H23ClF3N5O3/c1-35(20-4-2-3-5-21(20)38-13-9-22(36)33-12-10-31)25(37)16-6-7-19(27)18(14-16)23-17(15-32)8-11-34-24(23)26(28,29)30/h2-8,11,14H,9-10,12-13,31H2,1H3,(H,33,36). The first-order chi connectivity index (χ1) is 18.1. The molecule has 3 N–H and O–H groups in total. The number of aromatic nitrogens is 1. The Hall–Kier alpha value is -4.14. The predicted octanol–water partition coefficient (Wildman–Crippen LogP) is 4.41. The third kappa shape index (κ3) is 6.59. The fraction of sp³-hybridized carbons (Fsp3) is 0.231. The topological polar surface area (TPSA) is 121 Å². The molecule has 0 fully saturated rings. The van der Waals surface area contributed by atoms with E-state index >= 15 is 0 Å². The first-order valence-electron chi connectivity index (χ1n) is 11.3. The summed E-state index contributed by atoms with van der Waals surface area (Å²) < 4.78 is 46.9. The quantitative estimate of drug-likeness (QED) is 0.411. The highest BCUT2D eigenvalue weighted by atomic mass is 35.5. The lowest BCUT2D eigenvalue weighted by Gasteiger charge is -2.21. The average molecular weight is 546 g/mol. The Morgan fingerprint density at radius 3 is 2.63 bits per heavy atom. The van der Waals surface area contributed by atoms with E-state index in [4.69, 9.17) is 22.1 Å². The lowest BCUT2D eigenvalue weighted by Crippen LogP contribution is -2.30. The molecule has 0 saturated heterocycles. The monoisotopic (exact) mass is 545 g/mol. The normalized spacial score (nSPS) is 11.0. The number of pyridine rings is 1. The van der Waals surface area contributed by atoms with Crippen LogP contribution >= 0.6 is 11.6 Å². The summed E-state index contributed by atoms with van der Waals surface area (Å²) in [7, 11) is 1.47. The maximum Gasteiger partial charge on any atom is 0.434 e. The number of alkyl halides is 3. The van der Waals surface area contributed by atoms with E-state index < -0.39 is 23.3 Å². The summed E-state index contributed by atoms with van der Waals surface area (Å²) in [6.45, 7) is 0.693. The van der Waals surface area contributed by atoms with Gasteiger partial charge in [0.05, 0.1) is 30.3 Å². The summed E-state index contributed by atoms with van der Waals surface area (Å²) in [4.78, 5) is 29.9. The molecule has 0 bridgehead atoms. The van der Waals surface area contributed by atoms with Crippen molar-refractivity contribution in [1.82, 2.24) is 10.3 Å². The average Bonchev–Trinajstić information content (AvgIpc) is 2.90. The van der Waals surface area contributed by atoms with Gasteiger partial charge in [0.1, 0.15) is 5.75 Å². The molecule has 0 atom stereocenters. The van der Waals surface area contributed by atoms with Crippen LogP contribution in [-0.2, 0) is 11.0 Å².